The summed E-state index contributed by atoms with van der Waals surface area (Å²) < 4.78 is 11.1. The van der Waals surface area contributed by atoms with Crippen molar-refractivity contribution < 1.29 is 19.1 Å². The number of rotatable bonds is 4. The van der Waals surface area contributed by atoms with Crippen molar-refractivity contribution in [3.63, 3.8) is 0 Å². The van der Waals surface area contributed by atoms with Crippen LogP contribution in [0.4, 0.5) is 0 Å². The fraction of sp³-hybridized carbons (Fsp3) is 0.440. The third-order valence-corrected chi connectivity index (χ3v) is 6.67. The molecule has 172 valence electrons. The van der Waals surface area contributed by atoms with Gasteiger partial charge < -0.3 is 19.3 Å². The van der Waals surface area contributed by atoms with E-state index < -0.39 is 0 Å². The lowest BCUT2D eigenvalue weighted by Gasteiger charge is -2.22. The maximum Gasteiger partial charge on any atom is 0.257 e. The van der Waals surface area contributed by atoms with E-state index in [0.717, 1.165) is 49.4 Å². The highest BCUT2D eigenvalue weighted by Crippen LogP contribution is 2.32. The van der Waals surface area contributed by atoms with E-state index in [1.54, 1.807) is 13.3 Å². The van der Waals surface area contributed by atoms with Gasteiger partial charge in [-0.3, -0.25) is 9.59 Å². The summed E-state index contributed by atoms with van der Waals surface area (Å²) in [5.41, 5.74) is 2.75. The second-order valence-electron chi connectivity index (χ2n) is 8.83. The van der Waals surface area contributed by atoms with E-state index in [1.165, 1.54) is 0 Å². The Labute approximate surface area is 193 Å². The number of likely N-dealkylation sites (tertiary alicyclic amines) is 2. The molecule has 0 aliphatic carbocycles. The lowest BCUT2D eigenvalue weighted by molar-refractivity contribution is -0.126. The Bertz CT molecular complexity index is 1120. The smallest absolute Gasteiger partial charge is 0.257 e. The van der Waals surface area contributed by atoms with E-state index >= 15 is 0 Å². The van der Waals surface area contributed by atoms with Gasteiger partial charge in [0.25, 0.3) is 11.8 Å². The molecule has 0 N–H and O–H groups in total. The molecule has 2 saturated heterocycles. The molecule has 3 aliphatic rings. The predicted molar refractivity (Wildman–Crippen MR) is 122 cm³/mol. The number of nitrogens with zero attached hydrogens (tertiary/aromatic N) is 4. The molecule has 4 heterocycles. The van der Waals surface area contributed by atoms with Gasteiger partial charge in [0, 0.05) is 43.9 Å². The maximum atomic E-state index is 13.2. The number of hydrogen-bond donors (Lipinski definition) is 0. The van der Waals surface area contributed by atoms with E-state index in [9.17, 15) is 9.59 Å². The Kier molecular flexibility index (Phi) is 5.74. The number of ether oxygens (including phenoxy) is 2. The van der Waals surface area contributed by atoms with E-state index in [-0.39, 0.29) is 24.3 Å². The van der Waals surface area contributed by atoms with Crippen LogP contribution in [0.1, 0.15) is 52.6 Å². The van der Waals surface area contributed by atoms with Gasteiger partial charge in [-0.1, -0.05) is 0 Å². The van der Waals surface area contributed by atoms with Crippen molar-refractivity contribution in [3.05, 3.63) is 52.6 Å². The summed E-state index contributed by atoms with van der Waals surface area (Å²) in [6, 6.07) is 5.57. The summed E-state index contributed by atoms with van der Waals surface area (Å²) in [6.45, 7) is 4.92. The Balaban J connectivity index is 1.27. The van der Waals surface area contributed by atoms with Crippen LogP contribution in [0.3, 0.4) is 0 Å². The molecule has 2 aromatic rings. The SMILES string of the molecule is COc1ccc2c(c1)C=C(C(=O)N1CCC(c3ncc(C(=O)N4CCCC4)c(C)n3)C1)CO2. The fourth-order valence-electron chi connectivity index (χ4n) is 4.75. The molecule has 1 unspecified atom stereocenters. The molecule has 5 rings (SSSR count). The molecule has 1 atom stereocenters. The minimum Gasteiger partial charge on any atom is -0.497 e. The lowest BCUT2D eigenvalue weighted by Crippen LogP contribution is -2.32. The first-order chi connectivity index (χ1) is 16.0. The Morgan fingerprint density at radius 1 is 1.12 bits per heavy atom. The summed E-state index contributed by atoms with van der Waals surface area (Å²) >= 11 is 0. The first kappa shape index (κ1) is 21.4. The van der Waals surface area contributed by atoms with Gasteiger partial charge in [-0.15, -0.1) is 0 Å². The van der Waals surface area contributed by atoms with Crippen molar-refractivity contribution in [1.82, 2.24) is 19.8 Å². The fourth-order valence-corrected chi connectivity index (χ4v) is 4.75. The summed E-state index contributed by atoms with van der Waals surface area (Å²) in [7, 11) is 1.62. The summed E-state index contributed by atoms with van der Waals surface area (Å²) in [5, 5.41) is 0. The van der Waals surface area contributed by atoms with Gasteiger partial charge in [-0.25, -0.2) is 9.97 Å². The van der Waals surface area contributed by atoms with Gasteiger partial charge >= 0.3 is 0 Å². The number of methoxy groups -OCH3 is 1. The monoisotopic (exact) mass is 448 g/mol. The van der Waals surface area contributed by atoms with Crippen molar-refractivity contribution in [2.24, 2.45) is 0 Å². The summed E-state index contributed by atoms with van der Waals surface area (Å²) in [4.78, 5) is 38.7. The van der Waals surface area contributed by atoms with Gasteiger partial charge in [0.05, 0.1) is 23.9 Å². The molecular formula is C25H28N4O4. The Hall–Kier alpha value is -3.42. The molecule has 1 aromatic carbocycles. The largest absolute Gasteiger partial charge is 0.497 e. The number of fused-ring (bicyclic) bond motifs is 1. The van der Waals surface area contributed by atoms with Crippen molar-refractivity contribution in [1.29, 1.82) is 0 Å². The number of benzene rings is 1. The van der Waals surface area contributed by atoms with Gasteiger partial charge in [-0.05, 0) is 50.5 Å². The second kappa shape index (κ2) is 8.84. The van der Waals surface area contributed by atoms with Crippen molar-refractivity contribution in [3.8, 4) is 11.5 Å². The zero-order valence-electron chi connectivity index (χ0n) is 19.0. The third kappa shape index (κ3) is 4.17. The minimum atomic E-state index is -0.0245. The molecule has 33 heavy (non-hydrogen) atoms. The molecule has 2 amide bonds. The van der Waals surface area contributed by atoms with E-state index in [0.29, 0.717) is 35.7 Å². The number of aryl methyl sites for hydroxylation is 1. The van der Waals surface area contributed by atoms with Gasteiger partial charge in [-0.2, -0.15) is 0 Å². The average Bonchev–Trinajstić information content (AvgIpc) is 3.55. The van der Waals surface area contributed by atoms with Crippen molar-refractivity contribution >= 4 is 17.9 Å². The topological polar surface area (TPSA) is 84.9 Å². The van der Waals surface area contributed by atoms with Crippen LogP contribution in [0.25, 0.3) is 6.08 Å². The Morgan fingerprint density at radius 2 is 1.94 bits per heavy atom. The van der Waals surface area contributed by atoms with Gasteiger partial charge in [0.1, 0.15) is 23.9 Å². The number of aromatic nitrogens is 2. The third-order valence-electron chi connectivity index (χ3n) is 6.67. The maximum absolute atomic E-state index is 13.2. The first-order valence-corrected chi connectivity index (χ1v) is 11.5. The molecule has 1 aromatic heterocycles. The number of amides is 2. The molecule has 8 heteroatoms. The van der Waals surface area contributed by atoms with Crippen LogP contribution in [-0.2, 0) is 4.79 Å². The molecule has 0 spiro atoms. The van der Waals surface area contributed by atoms with Crippen LogP contribution in [0, 0.1) is 6.92 Å². The van der Waals surface area contributed by atoms with Crippen molar-refractivity contribution in [2.75, 3.05) is 39.9 Å². The predicted octanol–water partition coefficient (Wildman–Crippen LogP) is 2.82. The molecule has 8 nitrogen and oxygen atoms in total. The number of carbonyl (C=O) groups is 2. The average molecular weight is 449 g/mol. The van der Waals surface area contributed by atoms with Gasteiger partial charge in [0.15, 0.2) is 0 Å². The number of carbonyl (C=O) groups excluding carboxylic acids is 2. The molecule has 0 bridgehead atoms. The van der Waals surface area contributed by atoms with E-state index in [2.05, 4.69) is 9.97 Å². The van der Waals surface area contributed by atoms with Crippen molar-refractivity contribution in [2.45, 2.75) is 32.1 Å². The van der Waals surface area contributed by atoms with Crippen LogP contribution in [-0.4, -0.2) is 71.5 Å². The molecule has 2 fully saturated rings. The van der Waals surface area contributed by atoms with E-state index in [1.807, 2.05) is 41.0 Å². The summed E-state index contributed by atoms with van der Waals surface area (Å²) in [6.07, 6.45) is 6.44. The van der Waals surface area contributed by atoms with Crippen LogP contribution in [0.15, 0.2) is 30.0 Å². The molecular weight excluding hydrogens is 420 g/mol. The number of hydrogen-bond acceptors (Lipinski definition) is 6. The zero-order valence-corrected chi connectivity index (χ0v) is 19.0. The lowest BCUT2D eigenvalue weighted by atomic mass is 10.1. The summed E-state index contributed by atoms with van der Waals surface area (Å²) in [5.74, 6) is 2.22. The highest BCUT2D eigenvalue weighted by atomic mass is 16.5. The van der Waals surface area contributed by atoms with E-state index in [4.69, 9.17) is 9.47 Å². The molecule has 3 aliphatic heterocycles. The zero-order chi connectivity index (χ0) is 22.9. The highest BCUT2D eigenvalue weighted by Gasteiger charge is 2.32. The highest BCUT2D eigenvalue weighted by molar-refractivity contribution is 5.99. The van der Waals surface area contributed by atoms with Gasteiger partial charge in [0.2, 0.25) is 0 Å². The van der Waals surface area contributed by atoms with Crippen LogP contribution >= 0.6 is 0 Å². The Morgan fingerprint density at radius 3 is 2.70 bits per heavy atom. The quantitative estimate of drug-likeness (QED) is 0.715. The standard InChI is InChI=1S/C25H28N4O4/c1-16-21(25(31)28-8-3-4-9-28)13-26-23(27-16)17-7-10-29(14-17)24(30)19-11-18-12-20(32-2)5-6-22(18)33-15-19/h5-6,11-13,17H,3-4,7-10,14-15H2,1-2H3. The molecule has 0 saturated carbocycles. The van der Waals surface area contributed by atoms with Crippen LogP contribution in [0.5, 0.6) is 11.5 Å². The first-order valence-electron chi connectivity index (χ1n) is 11.5. The second-order valence-corrected chi connectivity index (χ2v) is 8.83. The van der Waals surface area contributed by atoms with Crippen LogP contribution in [0.2, 0.25) is 0 Å². The molecule has 0 radical (unpaired) electrons. The van der Waals surface area contributed by atoms with Crippen LogP contribution < -0.4 is 9.47 Å². The minimum absolute atomic E-state index is 0.0147. The normalized spacial score (nSPS) is 19.7.